The molecule has 0 radical (unpaired) electrons. The van der Waals surface area contributed by atoms with Crippen molar-refractivity contribution in [3.8, 4) is 0 Å². The number of ether oxygens (including phenoxy) is 1. The highest BCUT2D eigenvalue weighted by atomic mass is 32.2. The number of esters is 1. The van der Waals surface area contributed by atoms with Crippen LogP contribution in [0.5, 0.6) is 0 Å². The van der Waals surface area contributed by atoms with E-state index in [1.165, 1.54) is 12.3 Å². The molecule has 26 heavy (non-hydrogen) atoms. The Labute approximate surface area is 151 Å². The van der Waals surface area contributed by atoms with E-state index in [1.54, 1.807) is 18.2 Å². The fourth-order valence-electron chi connectivity index (χ4n) is 2.86. The molecule has 1 aromatic rings. The molecule has 0 bridgehead atoms. The first kappa shape index (κ1) is 18.1. The third-order valence-electron chi connectivity index (χ3n) is 4.11. The van der Waals surface area contributed by atoms with Crippen LogP contribution in [0.1, 0.15) is 31.7 Å². The quantitative estimate of drug-likeness (QED) is 0.562. The summed E-state index contributed by atoms with van der Waals surface area (Å²) in [7, 11) is -3.71. The number of benzene rings is 1. The monoisotopic (exact) mass is 378 g/mol. The van der Waals surface area contributed by atoms with Crippen molar-refractivity contribution in [1.29, 1.82) is 0 Å². The number of likely N-dealkylation sites (tertiary alicyclic amines) is 1. The summed E-state index contributed by atoms with van der Waals surface area (Å²) < 4.78 is 31.7. The Bertz CT molecular complexity index is 890. The topological polar surface area (TPSA) is 101 Å². The van der Waals surface area contributed by atoms with Crippen molar-refractivity contribution < 1.29 is 27.5 Å². The van der Waals surface area contributed by atoms with Gasteiger partial charge in [0.15, 0.2) is 5.76 Å². The molecule has 0 spiro atoms. The zero-order valence-electron chi connectivity index (χ0n) is 14.2. The van der Waals surface area contributed by atoms with Gasteiger partial charge in [-0.3, -0.25) is 18.8 Å². The van der Waals surface area contributed by atoms with E-state index in [4.69, 9.17) is 4.74 Å². The normalized spacial score (nSPS) is 18.6. The lowest BCUT2D eigenvalue weighted by molar-refractivity contribution is -0.148. The van der Waals surface area contributed by atoms with E-state index in [1.807, 2.05) is 6.92 Å². The van der Waals surface area contributed by atoms with Gasteiger partial charge in [0.2, 0.25) is 11.8 Å². The van der Waals surface area contributed by atoms with E-state index in [2.05, 4.69) is 0 Å². The molecule has 2 amide bonds. The maximum atomic E-state index is 12.6. The number of amides is 2. The maximum Gasteiger partial charge on any atom is 0.331 e. The average molecular weight is 378 g/mol. The van der Waals surface area contributed by atoms with Crippen LogP contribution in [0.2, 0.25) is 0 Å². The standard InChI is InChI=1S/C17H18N2O6S/c1-2-9-18-10-13(12-5-3-4-6-14(12)26(18,23)24)25-17(22)11-19-15(20)7-8-16(19)21/h3-6,10H,2,7-9,11H2,1H3. The van der Waals surface area contributed by atoms with Gasteiger partial charge in [0.1, 0.15) is 6.54 Å². The molecule has 9 heteroatoms. The van der Waals surface area contributed by atoms with E-state index in [-0.39, 0.29) is 35.6 Å². The first-order chi connectivity index (χ1) is 12.3. The minimum Gasteiger partial charge on any atom is -0.423 e. The molecule has 0 saturated carbocycles. The number of sulfonamides is 1. The minimum atomic E-state index is -3.71. The highest BCUT2D eigenvalue weighted by Gasteiger charge is 2.34. The third-order valence-corrected chi connectivity index (χ3v) is 5.93. The molecule has 0 atom stereocenters. The summed E-state index contributed by atoms with van der Waals surface area (Å²) in [6.07, 6.45) is 2.02. The number of hydrogen-bond acceptors (Lipinski definition) is 6. The van der Waals surface area contributed by atoms with Crippen LogP contribution in [0, 0.1) is 0 Å². The molecular formula is C17H18N2O6S. The van der Waals surface area contributed by atoms with Crippen LogP contribution in [0.15, 0.2) is 35.4 Å². The molecule has 1 aromatic carbocycles. The molecule has 2 aliphatic rings. The number of nitrogens with zero attached hydrogens (tertiary/aromatic N) is 2. The Morgan fingerprint density at radius 1 is 1.15 bits per heavy atom. The van der Waals surface area contributed by atoms with Gasteiger partial charge in [-0.1, -0.05) is 19.1 Å². The number of fused-ring (bicyclic) bond motifs is 1. The van der Waals surface area contributed by atoms with Crippen molar-refractivity contribution in [3.05, 3.63) is 36.0 Å². The number of carbonyl (C=O) groups is 3. The zero-order chi connectivity index (χ0) is 18.9. The largest absolute Gasteiger partial charge is 0.423 e. The van der Waals surface area contributed by atoms with Crippen molar-refractivity contribution in [3.63, 3.8) is 0 Å². The second-order valence-electron chi connectivity index (χ2n) is 5.95. The molecule has 0 N–H and O–H groups in total. The summed E-state index contributed by atoms with van der Waals surface area (Å²) in [6.45, 7) is 1.58. The third kappa shape index (κ3) is 3.22. The highest BCUT2D eigenvalue weighted by molar-refractivity contribution is 7.89. The Morgan fingerprint density at radius 2 is 1.81 bits per heavy atom. The number of carbonyl (C=O) groups excluding carboxylic acids is 3. The van der Waals surface area contributed by atoms with Gasteiger partial charge in [-0.15, -0.1) is 0 Å². The maximum absolute atomic E-state index is 12.6. The van der Waals surface area contributed by atoms with E-state index in [9.17, 15) is 22.8 Å². The summed E-state index contributed by atoms with van der Waals surface area (Å²) in [4.78, 5) is 36.4. The predicted octanol–water partition coefficient (Wildman–Crippen LogP) is 1.09. The lowest BCUT2D eigenvalue weighted by Crippen LogP contribution is -2.36. The Kier molecular flexibility index (Phi) is 4.82. The summed E-state index contributed by atoms with van der Waals surface area (Å²) in [5.74, 6) is -1.56. The lowest BCUT2D eigenvalue weighted by atomic mass is 10.2. The SMILES string of the molecule is CCCN1C=C(OC(=O)CN2C(=O)CCC2=O)c2ccccc2S1(=O)=O. The van der Waals surface area contributed by atoms with Gasteiger partial charge in [-0.05, 0) is 18.6 Å². The molecule has 3 rings (SSSR count). The summed E-state index contributed by atoms with van der Waals surface area (Å²) in [5.41, 5.74) is 0.271. The van der Waals surface area contributed by atoms with Gasteiger partial charge in [-0.2, -0.15) is 0 Å². The van der Waals surface area contributed by atoms with Crippen LogP contribution in [-0.4, -0.2) is 48.5 Å². The van der Waals surface area contributed by atoms with E-state index in [0.717, 1.165) is 9.21 Å². The van der Waals surface area contributed by atoms with Crippen LogP contribution in [0.4, 0.5) is 0 Å². The summed E-state index contributed by atoms with van der Waals surface area (Å²) in [6, 6.07) is 6.22. The fourth-order valence-corrected chi connectivity index (χ4v) is 4.47. The molecule has 0 aliphatic carbocycles. The van der Waals surface area contributed by atoms with Crippen molar-refractivity contribution in [2.24, 2.45) is 0 Å². The van der Waals surface area contributed by atoms with Crippen LogP contribution >= 0.6 is 0 Å². The van der Waals surface area contributed by atoms with E-state index < -0.39 is 34.4 Å². The smallest absolute Gasteiger partial charge is 0.331 e. The highest BCUT2D eigenvalue weighted by Crippen LogP contribution is 2.33. The Morgan fingerprint density at radius 3 is 2.46 bits per heavy atom. The van der Waals surface area contributed by atoms with Gasteiger partial charge in [-0.25, -0.2) is 13.2 Å². The second-order valence-corrected chi connectivity index (χ2v) is 7.81. The minimum absolute atomic E-state index is 0.0482. The van der Waals surface area contributed by atoms with Crippen molar-refractivity contribution in [2.45, 2.75) is 31.1 Å². The van der Waals surface area contributed by atoms with Crippen molar-refractivity contribution >= 4 is 33.6 Å². The van der Waals surface area contributed by atoms with Gasteiger partial charge in [0.05, 0.1) is 11.1 Å². The van der Waals surface area contributed by atoms with Gasteiger partial charge < -0.3 is 4.74 Å². The number of imide groups is 1. The zero-order valence-corrected chi connectivity index (χ0v) is 15.0. The first-order valence-corrected chi connectivity index (χ1v) is 9.65. The molecule has 8 nitrogen and oxygen atoms in total. The van der Waals surface area contributed by atoms with E-state index >= 15 is 0 Å². The molecule has 1 fully saturated rings. The number of rotatable bonds is 5. The van der Waals surface area contributed by atoms with Crippen molar-refractivity contribution in [2.75, 3.05) is 13.1 Å². The molecule has 2 heterocycles. The molecule has 0 aromatic heterocycles. The molecule has 1 saturated heterocycles. The fraction of sp³-hybridized carbons (Fsp3) is 0.353. The van der Waals surface area contributed by atoms with Crippen LogP contribution in [0.25, 0.3) is 5.76 Å². The molecule has 138 valence electrons. The van der Waals surface area contributed by atoms with Crippen LogP contribution < -0.4 is 0 Å². The van der Waals surface area contributed by atoms with Gasteiger partial charge in [0.25, 0.3) is 10.0 Å². The predicted molar refractivity (Wildman–Crippen MR) is 90.6 cm³/mol. The lowest BCUT2D eigenvalue weighted by Gasteiger charge is -2.27. The Hall–Kier alpha value is -2.68. The van der Waals surface area contributed by atoms with Gasteiger partial charge >= 0.3 is 5.97 Å². The molecular weight excluding hydrogens is 360 g/mol. The van der Waals surface area contributed by atoms with E-state index in [0.29, 0.717) is 6.42 Å². The molecule has 0 unspecified atom stereocenters. The Balaban J connectivity index is 1.87. The van der Waals surface area contributed by atoms with Gasteiger partial charge in [0, 0.05) is 24.9 Å². The molecule has 2 aliphatic heterocycles. The van der Waals surface area contributed by atoms with Crippen molar-refractivity contribution in [1.82, 2.24) is 9.21 Å². The number of hydrogen-bond donors (Lipinski definition) is 0. The van der Waals surface area contributed by atoms with Crippen LogP contribution in [0.3, 0.4) is 0 Å². The summed E-state index contributed by atoms with van der Waals surface area (Å²) in [5, 5.41) is 0. The van der Waals surface area contributed by atoms with Crippen LogP contribution in [-0.2, 0) is 29.1 Å². The first-order valence-electron chi connectivity index (χ1n) is 8.21. The second kappa shape index (κ2) is 6.91. The average Bonchev–Trinajstić information content (AvgIpc) is 2.91. The summed E-state index contributed by atoms with van der Waals surface area (Å²) >= 11 is 0.